The van der Waals surface area contributed by atoms with Crippen molar-refractivity contribution >= 4 is 23.2 Å². The highest BCUT2D eigenvalue weighted by Crippen LogP contribution is 2.29. The van der Waals surface area contributed by atoms with E-state index >= 15 is 0 Å². The molecule has 1 amide bonds. The number of aryl methyl sites for hydroxylation is 2. The van der Waals surface area contributed by atoms with E-state index in [9.17, 15) is 4.79 Å². The topological polar surface area (TPSA) is 62.5 Å². The molecule has 4 rings (SSSR count). The third-order valence-corrected chi connectivity index (χ3v) is 6.81. The number of fused-ring (bicyclic) bond motifs is 1. The smallest absolute Gasteiger partial charge is 0.220 e. The Morgan fingerprint density at radius 1 is 1.24 bits per heavy atom. The van der Waals surface area contributed by atoms with Gasteiger partial charge in [0.1, 0.15) is 0 Å². The van der Waals surface area contributed by atoms with Gasteiger partial charge in [-0.25, -0.2) is 9.50 Å². The molecule has 0 bridgehead atoms. The van der Waals surface area contributed by atoms with Crippen molar-refractivity contribution in [1.82, 2.24) is 24.8 Å². The van der Waals surface area contributed by atoms with E-state index < -0.39 is 0 Å². The van der Waals surface area contributed by atoms with Crippen LogP contribution in [0.15, 0.2) is 43.0 Å². The van der Waals surface area contributed by atoms with E-state index in [4.69, 9.17) is 21.7 Å². The molecule has 0 aliphatic carbocycles. The first-order valence-corrected chi connectivity index (χ1v) is 12.0. The van der Waals surface area contributed by atoms with Crippen molar-refractivity contribution in [3.8, 4) is 0 Å². The first-order chi connectivity index (χ1) is 15.9. The number of amides is 1. The lowest BCUT2D eigenvalue weighted by Gasteiger charge is -2.31. The zero-order chi connectivity index (χ0) is 23.4. The third kappa shape index (κ3) is 5.63. The van der Waals surface area contributed by atoms with E-state index in [-0.39, 0.29) is 5.91 Å². The molecule has 2 aromatic heterocycles. The van der Waals surface area contributed by atoms with Gasteiger partial charge in [0.15, 0.2) is 5.65 Å². The molecule has 1 N–H and O–H groups in total. The Hall–Kier alpha value is -2.70. The van der Waals surface area contributed by atoms with Crippen LogP contribution >= 0.6 is 11.6 Å². The van der Waals surface area contributed by atoms with Gasteiger partial charge in [0.25, 0.3) is 0 Å². The van der Waals surface area contributed by atoms with Crippen LogP contribution in [0.25, 0.3) is 5.65 Å². The normalized spacial score (nSPS) is 15.1. The zero-order valence-corrected chi connectivity index (χ0v) is 20.2. The molecule has 1 saturated heterocycles. The highest BCUT2D eigenvalue weighted by atomic mass is 35.5. The maximum atomic E-state index is 12.0. The van der Waals surface area contributed by atoms with Gasteiger partial charge in [0.05, 0.1) is 5.69 Å². The molecule has 3 aromatic rings. The summed E-state index contributed by atoms with van der Waals surface area (Å²) in [7, 11) is 0. The molecule has 33 heavy (non-hydrogen) atoms. The van der Waals surface area contributed by atoms with Crippen molar-refractivity contribution < 1.29 is 4.79 Å². The number of nitrogens with one attached hydrogen (secondary N) is 1. The molecular weight excluding hydrogens is 434 g/mol. The van der Waals surface area contributed by atoms with Gasteiger partial charge in [0, 0.05) is 47.9 Å². The first kappa shape index (κ1) is 23.5. The van der Waals surface area contributed by atoms with Crippen molar-refractivity contribution in [1.29, 1.82) is 0 Å². The van der Waals surface area contributed by atoms with Gasteiger partial charge in [-0.15, -0.1) is 6.58 Å². The Morgan fingerprint density at radius 3 is 2.67 bits per heavy atom. The number of halogens is 1. The highest BCUT2D eigenvalue weighted by molar-refractivity contribution is 6.30. The van der Waals surface area contributed by atoms with Gasteiger partial charge < -0.3 is 5.32 Å². The van der Waals surface area contributed by atoms with E-state index in [0.29, 0.717) is 25.3 Å². The highest BCUT2D eigenvalue weighted by Gasteiger charge is 2.24. The Balaban J connectivity index is 1.41. The molecular formula is C26H32ClN5O. The van der Waals surface area contributed by atoms with Crippen LogP contribution in [0.3, 0.4) is 0 Å². The van der Waals surface area contributed by atoms with Crippen molar-refractivity contribution in [2.75, 3.05) is 19.6 Å². The van der Waals surface area contributed by atoms with Crippen LogP contribution in [0.4, 0.5) is 0 Å². The van der Waals surface area contributed by atoms with E-state index in [1.807, 2.05) is 23.6 Å². The maximum absolute atomic E-state index is 12.0. The lowest BCUT2D eigenvalue weighted by Crippen LogP contribution is -2.32. The Morgan fingerprint density at radius 2 is 1.97 bits per heavy atom. The fraction of sp³-hybridized carbons (Fsp3) is 0.423. The average Bonchev–Trinajstić information content (AvgIpc) is 3.23. The minimum Gasteiger partial charge on any atom is -0.353 e. The van der Waals surface area contributed by atoms with E-state index in [2.05, 4.69) is 41.9 Å². The summed E-state index contributed by atoms with van der Waals surface area (Å²) < 4.78 is 1.96. The molecule has 0 unspecified atom stereocenters. The van der Waals surface area contributed by atoms with Gasteiger partial charge in [-0.05, 0) is 69.5 Å². The van der Waals surface area contributed by atoms with Crippen LogP contribution in [-0.2, 0) is 17.8 Å². The van der Waals surface area contributed by atoms with Crippen LogP contribution in [0, 0.1) is 13.8 Å². The Kier molecular flexibility index (Phi) is 7.46. The third-order valence-electron chi connectivity index (χ3n) is 6.55. The summed E-state index contributed by atoms with van der Waals surface area (Å²) >= 11 is 6.01. The molecule has 0 spiro atoms. The second-order valence-electron chi connectivity index (χ2n) is 8.87. The zero-order valence-electron chi connectivity index (χ0n) is 19.5. The predicted octanol–water partition coefficient (Wildman–Crippen LogP) is 4.61. The van der Waals surface area contributed by atoms with Gasteiger partial charge in [0.2, 0.25) is 5.91 Å². The summed E-state index contributed by atoms with van der Waals surface area (Å²) in [6.07, 6.45) is 4.96. The molecule has 1 aromatic carbocycles. The number of rotatable bonds is 8. The fourth-order valence-corrected chi connectivity index (χ4v) is 4.78. The van der Waals surface area contributed by atoms with Gasteiger partial charge >= 0.3 is 0 Å². The summed E-state index contributed by atoms with van der Waals surface area (Å²) in [5.74, 6) is 0.473. The summed E-state index contributed by atoms with van der Waals surface area (Å²) in [6, 6.07) is 10.3. The molecule has 1 fully saturated rings. The summed E-state index contributed by atoms with van der Waals surface area (Å²) in [5.41, 5.74) is 6.46. The lowest BCUT2D eigenvalue weighted by molar-refractivity contribution is -0.120. The molecule has 174 valence electrons. The number of benzene rings is 1. The van der Waals surface area contributed by atoms with Gasteiger partial charge in [-0.1, -0.05) is 29.8 Å². The molecule has 6 nitrogen and oxygen atoms in total. The second kappa shape index (κ2) is 10.5. The number of carbonyl (C=O) groups is 1. The maximum Gasteiger partial charge on any atom is 0.220 e. The van der Waals surface area contributed by atoms with Crippen LogP contribution in [-0.4, -0.2) is 45.0 Å². The van der Waals surface area contributed by atoms with E-state index in [0.717, 1.165) is 65.8 Å². The largest absolute Gasteiger partial charge is 0.353 e. The minimum atomic E-state index is 0.0281. The molecule has 1 aliphatic rings. The number of nitrogens with zero attached hydrogens (tertiary/aromatic N) is 4. The number of aromatic nitrogens is 3. The Bertz CT molecular complexity index is 1130. The van der Waals surface area contributed by atoms with Gasteiger partial charge in [-0.2, -0.15) is 5.10 Å². The number of piperidine rings is 1. The van der Waals surface area contributed by atoms with Crippen LogP contribution in [0.1, 0.15) is 53.4 Å². The predicted molar refractivity (Wildman–Crippen MR) is 133 cm³/mol. The van der Waals surface area contributed by atoms with Crippen molar-refractivity contribution in [2.24, 2.45) is 0 Å². The van der Waals surface area contributed by atoms with E-state index in [1.165, 1.54) is 5.56 Å². The summed E-state index contributed by atoms with van der Waals surface area (Å²) in [4.78, 5) is 19.3. The molecule has 3 heterocycles. The molecule has 0 saturated carbocycles. The summed E-state index contributed by atoms with van der Waals surface area (Å²) in [6.45, 7) is 11.3. The monoisotopic (exact) mass is 465 g/mol. The molecule has 7 heteroatoms. The number of hydrogen-bond acceptors (Lipinski definition) is 4. The first-order valence-electron chi connectivity index (χ1n) is 11.6. The van der Waals surface area contributed by atoms with Gasteiger partial charge in [-0.3, -0.25) is 9.69 Å². The lowest BCUT2D eigenvalue weighted by atomic mass is 9.93. The van der Waals surface area contributed by atoms with Crippen LogP contribution in [0.2, 0.25) is 5.02 Å². The van der Waals surface area contributed by atoms with Crippen molar-refractivity contribution in [3.05, 3.63) is 76.2 Å². The second-order valence-corrected chi connectivity index (χ2v) is 9.31. The molecule has 0 radical (unpaired) electrons. The SMILES string of the molecule is C=CCNC(=O)CCc1c(C)nc2cc(C3CCN(Cc4ccc(Cl)cc4)CC3)nn2c1C. The van der Waals surface area contributed by atoms with Crippen LogP contribution in [0.5, 0.6) is 0 Å². The molecule has 1 aliphatic heterocycles. The Labute approximate surface area is 200 Å². The number of likely N-dealkylation sites (tertiary alicyclic amines) is 1. The average molecular weight is 466 g/mol. The minimum absolute atomic E-state index is 0.0281. The number of carbonyl (C=O) groups excluding carboxylic acids is 1. The van der Waals surface area contributed by atoms with Crippen LogP contribution < -0.4 is 5.32 Å². The van der Waals surface area contributed by atoms with E-state index in [1.54, 1.807) is 6.08 Å². The van der Waals surface area contributed by atoms with Crippen molar-refractivity contribution in [3.63, 3.8) is 0 Å². The summed E-state index contributed by atoms with van der Waals surface area (Å²) in [5, 5.41) is 8.56. The molecule has 0 atom stereocenters. The number of hydrogen-bond donors (Lipinski definition) is 1. The quantitative estimate of drug-likeness (QED) is 0.493. The fourth-order valence-electron chi connectivity index (χ4n) is 4.65. The van der Waals surface area contributed by atoms with Crippen molar-refractivity contribution in [2.45, 2.75) is 52.0 Å². The standard InChI is InChI=1S/C26H32ClN5O/c1-4-13-28-26(33)10-9-23-18(2)29-25-16-24(30-32(25)19(23)3)21-11-14-31(15-12-21)17-20-5-7-22(27)8-6-20/h4-8,16,21H,1,9-15,17H2,2-3H3,(H,28,33).